The van der Waals surface area contributed by atoms with Gasteiger partial charge in [0.05, 0.1) is 16.8 Å². The maximum absolute atomic E-state index is 6.33. The van der Waals surface area contributed by atoms with Gasteiger partial charge in [-0.15, -0.1) is 0 Å². The van der Waals surface area contributed by atoms with Gasteiger partial charge in [0.1, 0.15) is 23.8 Å². The minimum absolute atomic E-state index is 0.212. The predicted octanol–water partition coefficient (Wildman–Crippen LogP) is 5.86. The molecule has 8 heteroatoms. The van der Waals surface area contributed by atoms with Crippen LogP contribution in [-0.2, 0) is 13.2 Å². The molecule has 2 aromatic carbocycles. The first-order valence-electron chi connectivity index (χ1n) is 12.2. The van der Waals surface area contributed by atoms with E-state index in [1.807, 2.05) is 66.9 Å². The van der Waals surface area contributed by atoms with Crippen molar-refractivity contribution in [2.75, 3.05) is 11.1 Å². The number of nitrogens with one attached hydrogen (secondary N) is 2. The first-order chi connectivity index (χ1) is 18.7. The van der Waals surface area contributed by atoms with Gasteiger partial charge >= 0.3 is 0 Å². The van der Waals surface area contributed by atoms with Crippen LogP contribution in [-0.4, -0.2) is 24.9 Å². The van der Waals surface area contributed by atoms with Crippen LogP contribution >= 0.6 is 0 Å². The minimum atomic E-state index is 0.212. The lowest BCUT2D eigenvalue weighted by Crippen LogP contribution is -2.03. The van der Waals surface area contributed by atoms with Gasteiger partial charge < -0.3 is 20.8 Å². The highest BCUT2D eigenvalue weighted by Crippen LogP contribution is 2.36. The summed E-state index contributed by atoms with van der Waals surface area (Å²) in [5.74, 6) is 1.61. The first kappa shape index (κ1) is 23.2. The van der Waals surface area contributed by atoms with Crippen molar-refractivity contribution < 1.29 is 4.74 Å². The lowest BCUT2D eigenvalue weighted by molar-refractivity contribution is 0.310. The molecule has 0 amide bonds. The molecule has 38 heavy (non-hydrogen) atoms. The molecule has 8 nitrogen and oxygen atoms in total. The molecule has 0 aliphatic carbocycles. The molecule has 0 unspecified atom stereocenters. The average molecular weight is 500 g/mol. The quantitative estimate of drug-likeness (QED) is 0.240. The van der Waals surface area contributed by atoms with Crippen molar-refractivity contribution in [1.29, 1.82) is 0 Å². The van der Waals surface area contributed by atoms with Crippen LogP contribution in [0.3, 0.4) is 0 Å². The Morgan fingerprint density at radius 3 is 2.42 bits per heavy atom. The van der Waals surface area contributed by atoms with Gasteiger partial charge in [0.15, 0.2) is 0 Å². The molecule has 0 radical (unpaired) electrons. The number of aromatic nitrogens is 5. The normalized spacial score (nSPS) is 10.9. The lowest BCUT2D eigenvalue weighted by atomic mass is 10.1. The Labute approximate surface area is 219 Å². The van der Waals surface area contributed by atoms with Crippen molar-refractivity contribution in [3.63, 3.8) is 0 Å². The zero-order chi connectivity index (χ0) is 25.7. The van der Waals surface area contributed by atoms with Crippen molar-refractivity contribution in [3.05, 3.63) is 115 Å². The zero-order valence-corrected chi connectivity index (χ0v) is 20.5. The Hall–Kier alpha value is -5.24. The van der Waals surface area contributed by atoms with Gasteiger partial charge in [-0.1, -0.05) is 60.7 Å². The van der Waals surface area contributed by atoms with E-state index in [2.05, 4.69) is 49.5 Å². The van der Waals surface area contributed by atoms with E-state index in [-0.39, 0.29) is 5.95 Å². The molecule has 0 saturated carbocycles. The summed E-state index contributed by atoms with van der Waals surface area (Å²) in [7, 11) is 0. The summed E-state index contributed by atoms with van der Waals surface area (Å²) in [6.07, 6.45) is 5.31. The second kappa shape index (κ2) is 10.4. The number of nitrogen functional groups attached to an aromatic ring is 1. The number of anilines is 2. The van der Waals surface area contributed by atoms with Crippen LogP contribution in [0.15, 0.2) is 104 Å². The fourth-order valence-electron chi connectivity index (χ4n) is 4.28. The fraction of sp³-hybridized carbons (Fsp3) is 0.0667. The van der Waals surface area contributed by atoms with Gasteiger partial charge in [-0.05, 0) is 29.3 Å². The van der Waals surface area contributed by atoms with Gasteiger partial charge in [-0.2, -0.15) is 0 Å². The Bertz CT molecular complexity index is 1670. The molecule has 186 valence electrons. The molecule has 4 N–H and O–H groups in total. The van der Waals surface area contributed by atoms with Crippen LogP contribution in [0.2, 0.25) is 0 Å². The van der Waals surface area contributed by atoms with E-state index in [1.54, 1.807) is 12.4 Å². The third-order valence-corrected chi connectivity index (χ3v) is 6.18. The summed E-state index contributed by atoms with van der Waals surface area (Å²) in [5, 5.41) is 4.27. The molecule has 4 aromatic heterocycles. The van der Waals surface area contributed by atoms with E-state index < -0.39 is 0 Å². The predicted molar refractivity (Wildman–Crippen MR) is 149 cm³/mol. The van der Waals surface area contributed by atoms with Gasteiger partial charge in [-0.25, -0.2) is 15.0 Å². The Morgan fingerprint density at radius 2 is 1.63 bits per heavy atom. The molecule has 0 saturated heterocycles. The highest BCUT2D eigenvalue weighted by molar-refractivity contribution is 5.98. The number of hydrogen-bond donors (Lipinski definition) is 3. The number of H-pyrrole nitrogens is 1. The summed E-state index contributed by atoms with van der Waals surface area (Å²) in [4.78, 5) is 20.9. The highest BCUT2D eigenvalue weighted by atomic mass is 16.5. The van der Waals surface area contributed by atoms with Crippen LogP contribution in [0.25, 0.3) is 33.5 Å². The molecule has 0 atom stereocenters. The SMILES string of the molecule is Nc1nccc(-c2c[nH]c3nc(NCc4ccc(-c5ccccn5)cc4)cc(OCc4ccccc4)c23)n1. The highest BCUT2D eigenvalue weighted by Gasteiger charge is 2.16. The number of ether oxygens (including phenoxy) is 1. The molecule has 0 aliphatic heterocycles. The third-order valence-electron chi connectivity index (χ3n) is 6.18. The molecule has 6 rings (SSSR count). The van der Waals surface area contributed by atoms with E-state index in [0.29, 0.717) is 36.1 Å². The third kappa shape index (κ3) is 5.01. The molecular formula is C30H25N7O. The summed E-state index contributed by atoms with van der Waals surface area (Å²) in [6, 6.07) is 28.1. The number of pyridine rings is 2. The van der Waals surface area contributed by atoms with Gasteiger partial charge in [0.2, 0.25) is 5.95 Å². The van der Waals surface area contributed by atoms with E-state index in [9.17, 15) is 0 Å². The summed E-state index contributed by atoms with van der Waals surface area (Å²) in [6.45, 7) is 1.03. The van der Waals surface area contributed by atoms with E-state index in [4.69, 9.17) is 15.5 Å². The van der Waals surface area contributed by atoms with Crippen molar-refractivity contribution in [2.24, 2.45) is 0 Å². The summed E-state index contributed by atoms with van der Waals surface area (Å²) in [5.41, 5.74) is 12.3. The minimum Gasteiger partial charge on any atom is -0.488 e. The maximum Gasteiger partial charge on any atom is 0.220 e. The fourth-order valence-corrected chi connectivity index (χ4v) is 4.28. The van der Waals surface area contributed by atoms with E-state index in [0.717, 1.165) is 33.3 Å². The number of rotatable bonds is 8. The Balaban J connectivity index is 1.29. The smallest absolute Gasteiger partial charge is 0.220 e. The van der Waals surface area contributed by atoms with Crippen LogP contribution in [0.4, 0.5) is 11.8 Å². The van der Waals surface area contributed by atoms with Gasteiger partial charge in [-0.3, -0.25) is 4.98 Å². The van der Waals surface area contributed by atoms with Crippen molar-refractivity contribution >= 4 is 22.8 Å². The molecule has 0 aliphatic rings. The molecule has 0 fully saturated rings. The molecule has 0 spiro atoms. The largest absolute Gasteiger partial charge is 0.488 e. The number of hydrogen-bond acceptors (Lipinski definition) is 7. The zero-order valence-electron chi connectivity index (χ0n) is 20.5. The second-order valence-corrected chi connectivity index (χ2v) is 8.77. The van der Waals surface area contributed by atoms with Crippen LogP contribution in [0, 0.1) is 0 Å². The number of nitrogens with two attached hydrogens (primary N) is 1. The molecule has 6 aromatic rings. The van der Waals surface area contributed by atoms with Crippen molar-refractivity contribution in [3.8, 4) is 28.3 Å². The molecule has 4 heterocycles. The Morgan fingerprint density at radius 1 is 0.789 bits per heavy atom. The van der Waals surface area contributed by atoms with E-state index in [1.165, 1.54) is 0 Å². The monoisotopic (exact) mass is 499 g/mol. The lowest BCUT2D eigenvalue weighted by Gasteiger charge is -2.12. The number of nitrogens with zero attached hydrogens (tertiary/aromatic N) is 4. The van der Waals surface area contributed by atoms with Gasteiger partial charge in [0.25, 0.3) is 0 Å². The van der Waals surface area contributed by atoms with Crippen LogP contribution in [0.5, 0.6) is 5.75 Å². The van der Waals surface area contributed by atoms with Crippen molar-refractivity contribution in [2.45, 2.75) is 13.2 Å². The van der Waals surface area contributed by atoms with Crippen molar-refractivity contribution in [1.82, 2.24) is 24.9 Å². The number of aromatic amines is 1. The van der Waals surface area contributed by atoms with Crippen LogP contribution in [0.1, 0.15) is 11.1 Å². The van der Waals surface area contributed by atoms with Crippen LogP contribution < -0.4 is 15.8 Å². The molecule has 0 bridgehead atoms. The number of benzene rings is 2. The second-order valence-electron chi connectivity index (χ2n) is 8.77. The molecular weight excluding hydrogens is 474 g/mol. The average Bonchev–Trinajstić information content (AvgIpc) is 3.40. The standard InChI is InChI=1S/C30H25N7O/c31-30-33-15-13-25(36-30)23-18-35-29-28(23)26(38-19-21-6-2-1-3-7-21)16-27(37-29)34-17-20-9-11-22(12-10-20)24-8-4-5-14-32-24/h1-16,18H,17,19H2,(H2,31,33,36)(H2,34,35,37). The maximum atomic E-state index is 6.33. The number of fused-ring (bicyclic) bond motifs is 1. The summed E-state index contributed by atoms with van der Waals surface area (Å²) < 4.78 is 6.33. The summed E-state index contributed by atoms with van der Waals surface area (Å²) >= 11 is 0. The first-order valence-corrected chi connectivity index (χ1v) is 12.2. The van der Waals surface area contributed by atoms with E-state index >= 15 is 0 Å². The topological polar surface area (TPSA) is 115 Å². The Kier molecular flexibility index (Phi) is 6.34. The van der Waals surface area contributed by atoms with Gasteiger partial charge in [0, 0.05) is 42.3 Å².